The molecule has 1 heterocycles. The number of H-pyrrole nitrogens is 1. The van der Waals surface area contributed by atoms with E-state index >= 15 is 0 Å². The van der Waals surface area contributed by atoms with Crippen LogP contribution in [0.1, 0.15) is 24.2 Å². The second-order valence-corrected chi connectivity index (χ2v) is 4.40. The smallest absolute Gasteiger partial charge is 0.227 e. The third-order valence-corrected chi connectivity index (χ3v) is 2.96. The number of aromatic nitrogens is 2. The molecule has 2 rings (SSSR count). The van der Waals surface area contributed by atoms with E-state index < -0.39 is 0 Å². The fourth-order valence-electron chi connectivity index (χ4n) is 1.92. The summed E-state index contributed by atoms with van der Waals surface area (Å²) in [5, 5.41) is 2.79. The molecule has 0 saturated carbocycles. The van der Waals surface area contributed by atoms with Gasteiger partial charge in [0.25, 0.3) is 0 Å². The van der Waals surface area contributed by atoms with E-state index in [2.05, 4.69) is 15.3 Å². The zero-order valence-corrected chi connectivity index (χ0v) is 10.7. The predicted octanol–water partition coefficient (Wildman–Crippen LogP) is 1.05. The van der Waals surface area contributed by atoms with Crippen molar-refractivity contribution in [2.75, 3.05) is 13.1 Å². The van der Waals surface area contributed by atoms with Gasteiger partial charge in [0.05, 0.1) is 17.0 Å². The number of nitrogens with one attached hydrogen (secondary N) is 2. The van der Waals surface area contributed by atoms with Crippen molar-refractivity contribution in [2.45, 2.75) is 19.8 Å². The van der Waals surface area contributed by atoms with Crippen LogP contribution in [0.15, 0.2) is 18.2 Å². The molecule has 5 nitrogen and oxygen atoms in total. The third kappa shape index (κ3) is 2.51. The van der Waals surface area contributed by atoms with Crippen molar-refractivity contribution in [1.29, 1.82) is 0 Å². The summed E-state index contributed by atoms with van der Waals surface area (Å²) in [6.45, 7) is 4.76. The standard InChI is InChI=1S/C13H18N4O/c1-8(13(18)15-6-5-14)10-3-4-11-12(7-10)17-9(2)16-11/h3-4,7-8H,5-6,14H2,1-2H3,(H,15,18)(H,16,17). The second kappa shape index (κ2) is 5.18. The summed E-state index contributed by atoms with van der Waals surface area (Å²) in [6.07, 6.45) is 0. The number of benzene rings is 1. The molecule has 1 aromatic heterocycles. The van der Waals surface area contributed by atoms with Gasteiger partial charge in [0.1, 0.15) is 5.82 Å². The van der Waals surface area contributed by atoms with Crippen molar-refractivity contribution >= 4 is 16.9 Å². The van der Waals surface area contributed by atoms with E-state index in [9.17, 15) is 4.79 Å². The van der Waals surface area contributed by atoms with Gasteiger partial charge in [-0.3, -0.25) is 4.79 Å². The monoisotopic (exact) mass is 246 g/mol. The van der Waals surface area contributed by atoms with Gasteiger partial charge in [-0.25, -0.2) is 4.98 Å². The highest BCUT2D eigenvalue weighted by Gasteiger charge is 2.15. The van der Waals surface area contributed by atoms with Crippen molar-refractivity contribution in [2.24, 2.45) is 5.73 Å². The number of aromatic amines is 1. The van der Waals surface area contributed by atoms with Crippen LogP contribution in [0.2, 0.25) is 0 Å². The molecule has 1 amide bonds. The number of nitrogens with two attached hydrogens (primary N) is 1. The lowest BCUT2D eigenvalue weighted by molar-refractivity contribution is -0.122. The maximum atomic E-state index is 11.9. The first-order chi connectivity index (χ1) is 8.61. The summed E-state index contributed by atoms with van der Waals surface area (Å²) in [4.78, 5) is 19.4. The molecule has 0 aliphatic heterocycles. The first-order valence-corrected chi connectivity index (χ1v) is 6.06. The van der Waals surface area contributed by atoms with Crippen molar-refractivity contribution in [3.05, 3.63) is 29.6 Å². The Morgan fingerprint density at radius 1 is 1.56 bits per heavy atom. The molecule has 1 unspecified atom stereocenters. The Morgan fingerprint density at radius 2 is 2.33 bits per heavy atom. The molecule has 0 bridgehead atoms. The molecule has 0 aliphatic carbocycles. The van der Waals surface area contributed by atoms with E-state index in [0.29, 0.717) is 13.1 Å². The normalized spacial score (nSPS) is 12.6. The van der Waals surface area contributed by atoms with Crippen LogP contribution in [0, 0.1) is 6.92 Å². The van der Waals surface area contributed by atoms with Crippen LogP contribution >= 0.6 is 0 Å². The molecule has 1 atom stereocenters. The number of amides is 1. The molecule has 0 saturated heterocycles. The van der Waals surface area contributed by atoms with E-state index in [0.717, 1.165) is 22.4 Å². The van der Waals surface area contributed by atoms with Crippen LogP contribution in [0.5, 0.6) is 0 Å². The van der Waals surface area contributed by atoms with Crippen LogP contribution in [-0.4, -0.2) is 29.0 Å². The van der Waals surface area contributed by atoms with Gasteiger partial charge >= 0.3 is 0 Å². The fraction of sp³-hybridized carbons (Fsp3) is 0.385. The number of aryl methyl sites for hydroxylation is 1. The van der Waals surface area contributed by atoms with Gasteiger partial charge in [-0.05, 0) is 31.5 Å². The topological polar surface area (TPSA) is 83.8 Å². The SMILES string of the molecule is Cc1nc2ccc(C(C)C(=O)NCCN)cc2[nH]1. The molecule has 2 aromatic rings. The summed E-state index contributed by atoms with van der Waals surface area (Å²) in [7, 11) is 0. The largest absolute Gasteiger partial charge is 0.354 e. The number of fused-ring (bicyclic) bond motifs is 1. The fourth-order valence-corrected chi connectivity index (χ4v) is 1.92. The molecule has 0 aliphatic rings. The Bertz CT molecular complexity index is 561. The van der Waals surface area contributed by atoms with Gasteiger partial charge in [0, 0.05) is 13.1 Å². The Labute approximate surface area is 106 Å². The number of nitrogens with zero attached hydrogens (tertiary/aromatic N) is 1. The van der Waals surface area contributed by atoms with Gasteiger partial charge in [-0.1, -0.05) is 6.07 Å². The number of hydrogen-bond donors (Lipinski definition) is 3. The minimum atomic E-state index is -0.190. The molecule has 4 N–H and O–H groups in total. The number of hydrogen-bond acceptors (Lipinski definition) is 3. The van der Waals surface area contributed by atoms with Crippen LogP contribution in [-0.2, 0) is 4.79 Å². The lowest BCUT2D eigenvalue weighted by Crippen LogP contribution is -2.32. The molecule has 1 aromatic carbocycles. The average Bonchev–Trinajstić information content (AvgIpc) is 2.73. The lowest BCUT2D eigenvalue weighted by Gasteiger charge is -2.11. The predicted molar refractivity (Wildman–Crippen MR) is 71.3 cm³/mol. The molecule has 0 spiro atoms. The van der Waals surface area contributed by atoms with E-state index in [1.807, 2.05) is 32.0 Å². The number of rotatable bonds is 4. The third-order valence-electron chi connectivity index (χ3n) is 2.96. The van der Waals surface area contributed by atoms with Crippen molar-refractivity contribution in [1.82, 2.24) is 15.3 Å². The molecule has 96 valence electrons. The van der Waals surface area contributed by atoms with Crippen LogP contribution < -0.4 is 11.1 Å². The molecule has 0 radical (unpaired) electrons. The van der Waals surface area contributed by atoms with Crippen LogP contribution in [0.3, 0.4) is 0 Å². The van der Waals surface area contributed by atoms with E-state index in [1.54, 1.807) is 0 Å². The second-order valence-electron chi connectivity index (χ2n) is 4.40. The summed E-state index contributed by atoms with van der Waals surface area (Å²) in [5.74, 6) is 0.683. The summed E-state index contributed by atoms with van der Waals surface area (Å²) >= 11 is 0. The van der Waals surface area contributed by atoms with Gasteiger partial charge in [-0.15, -0.1) is 0 Å². The zero-order chi connectivity index (χ0) is 13.1. The molecular weight excluding hydrogens is 228 g/mol. The first kappa shape index (κ1) is 12.6. The van der Waals surface area contributed by atoms with Crippen LogP contribution in [0.4, 0.5) is 0 Å². The van der Waals surface area contributed by atoms with Gasteiger partial charge in [0.15, 0.2) is 0 Å². The van der Waals surface area contributed by atoms with E-state index in [4.69, 9.17) is 5.73 Å². The minimum Gasteiger partial charge on any atom is -0.354 e. The summed E-state index contributed by atoms with van der Waals surface area (Å²) < 4.78 is 0. The maximum Gasteiger partial charge on any atom is 0.227 e. The maximum absolute atomic E-state index is 11.9. The van der Waals surface area contributed by atoms with Gasteiger partial charge in [-0.2, -0.15) is 0 Å². The van der Waals surface area contributed by atoms with E-state index in [1.165, 1.54) is 0 Å². The first-order valence-electron chi connectivity index (χ1n) is 6.06. The zero-order valence-electron chi connectivity index (χ0n) is 10.7. The Balaban J connectivity index is 2.21. The molecule has 18 heavy (non-hydrogen) atoms. The molecule has 0 fully saturated rings. The number of carbonyl (C=O) groups excluding carboxylic acids is 1. The van der Waals surface area contributed by atoms with Crippen LogP contribution in [0.25, 0.3) is 11.0 Å². The number of carbonyl (C=O) groups is 1. The van der Waals surface area contributed by atoms with Gasteiger partial charge in [0.2, 0.25) is 5.91 Å². The van der Waals surface area contributed by atoms with Crippen molar-refractivity contribution < 1.29 is 4.79 Å². The quantitative estimate of drug-likeness (QED) is 0.754. The van der Waals surface area contributed by atoms with Crippen molar-refractivity contribution in [3.8, 4) is 0 Å². The lowest BCUT2D eigenvalue weighted by atomic mass is 10.00. The Morgan fingerprint density at radius 3 is 3.06 bits per heavy atom. The van der Waals surface area contributed by atoms with Crippen molar-refractivity contribution in [3.63, 3.8) is 0 Å². The average molecular weight is 246 g/mol. The van der Waals surface area contributed by atoms with E-state index in [-0.39, 0.29) is 11.8 Å². The van der Waals surface area contributed by atoms with Gasteiger partial charge < -0.3 is 16.0 Å². The highest BCUT2D eigenvalue weighted by atomic mass is 16.1. The molecular formula is C13H18N4O. The Kier molecular flexibility index (Phi) is 3.62. The summed E-state index contributed by atoms with van der Waals surface area (Å²) in [5.41, 5.74) is 8.22. The minimum absolute atomic E-state index is 0.00367. The highest BCUT2D eigenvalue weighted by Crippen LogP contribution is 2.20. The number of imidazole rings is 1. The summed E-state index contributed by atoms with van der Waals surface area (Å²) in [6, 6.07) is 5.85. The molecule has 5 heteroatoms. The Hall–Kier alpha value is -1.88. The highest BCUT2D eigenvalue weighted by molar-refractivity contribution is 5.85.